The molecule has 3 aromatic carbocycles. The second-order valence-electron chi connectivity index (χ2n) is 6.05. The van der Waals surface area contributed by atoms with Crippen LogP contribution in [0, 0.1) is 50.5 Å². The van der Waals surface area contributed by atoms with Crippen molar-refractivity contribution >= 4 is 28.4 Å². The van der Waals surface area contributed by atoms with E-state index in [9.17, 15) is 22.4 Å². The summed E-state index contributed by atoms with van der Waals surface area (Å²) in [4.78, 5) is 12.3. The molecule has 0 aliphatic rings. The van der Waals surface area contributed by atoms with Crippen LogP contribution in [0.5, 0.6) is 5.75 Å². The molecule has 154 valence electrons. The van der Waals surface area contributed by atoms with Gasteiger partial charge in [0.1, 0.15) is 5.75 Å². The predicted octanol–water partition coefficient (Wildman–Crippen LogP) is 5.49. The molecule has 0 saturated carbocycles. The van der Waals surface area contributed by atoms with Crippen LogP contribution >= 0.6 is 22.6 Å². The van der Waals surface area contributed by atoms with E-state index in [2.05, 4.69) is 23.7 Å². The summed E-state index contributed by atoms with van der Waals surface area (Å²) in [5, 5.41) is 0. The van der Waals surface area contributed by atoms with E-state index in [4.69, 9.17) is 4.74 Å². The van der Waals surface area contributed by atoms with Gasteiger partial charge >= 0.3 is 0 Å². The molecule has 0 fully saturated rings. The van der Waals surface area contributed by atoms with Gasteiger partial charge in [0.25, 0.3) is 0 Å². The van der Waals surface area contributed by atoms with Crippen molar-refractivity contribution in [1.29, 1.82) is 0 Å². The van der Waals surface area contributed by atoms with Crippen LogP contribution in [0.4, 0.5) is 17.6 Å². The number of carbonyl (C=O) groups is 1. The highest BCUT2D eigenvalue weighted by Crippen LogP contribution is 2.25. The molecule has 3 rings (SSSR count). The van der Waals surface area contributed by atoms with Crippen LogP contribution in [0.15, 0.2) is 48.5 Å². The standard InChI is InChI=1S/C24H11F4IO2/c1-31-17-10-6-16(7-11-17)19(30)13-9-15-5-3-2-4-14(15)8-12-18-20(25)21(26)22(27)23(28)24(18)29/h2-7,10-11H,1H3. The Kier molecular flexibility index (Phi) is 6.98. The van der Waals surface area contributed by atoms with Crippen LogP contribution in [0.1, 0.15) is 27.0 Å². The Morgan fingerprint density at radius 1 is 0.806 bits per heavy atom. The first-order valence-corrected chi connectivity index (χ1v) is 9.74. The first kappa shape index (κ1) is 22.4. The van der Waals surface area contributed by atoms with Crippen LogP contribution in [-0.4, -0.2) is 12.9 Å². The average Bonchev–Trinajstić information content (AvgIpc) is 2.80. The summed E-state index contributed by atoms with van der Waals surface area (Å²) in [5.74, 6) is 3.36. The molecule has 0 aromatic heterocycles. The minimum Gasteiger partial charge on any atom is -0.497 e. The topological polar surface area (TPSA) is 26.3 Å². The molecule has 3 aromatic rings. The first-order chi connectivity index (χ1) is 14.8. The molecule has 7 heteroatoms. The molecule has 0 radical (unpaired) electrons. The molecule has 0 saturated heterocycles. The van der Waals surface area contributed by atoms with Crippen molar-refractivity contribution in [2.24, 2.45) is 0 Å². The molecule has 2 nitrogen and oxygen atoms in total. The molecule has 0 heterocycles. The molecule has 0 unspecified atom stereocenters. The zero-order chi connectivity index (χ0) is 22.5. The third-order valence-corrected chi connectivity index (χ3v) is 5.13. The Morgan fingerprint density at radius 3 is 2.00 bits per heavy atom. The Bertz CT molecular complexity index is 1260. The lowest BCUT2D eigenvalue weighted by Crippen LogP contribution is -2.03. The van der Waals surface area contributed by atoms with Gasteiger partial charge in [-0.05, 0) is 64.9 Å². The molecule has 0 N–H and O–H groups in total. The van der Waals surface area contributed by atoms with Gasteiger partial charge in [0.15, 0.2) is 23.3 Å². The highest BCUT2D eigenvalue weighted by molar-refractivity contribution is 14.1. The van der Waals surface area contributed by atoms with Gasteiger partial charge < -0.3 is 4.74 Å². The number of ether oxygens (including phenoxy) is 1. The summed E-state index contributed by atoms with van der Waals surface area (Å²) >= 11 is 1.36. The van der Waals surface area contributed by atoms with E-state index in [-0.39, 0.29) is 0 Å². The van der Waals surface area contributed by atoms with Gasteiger partial charge in [-0.1, -0.05) is 29.9 Å². The van der Waals surface area contributed by atoms with Gasteiger partial charge in [0.05, 0.1) is 16.2 Å². The maximum Gasteiger partial charge on any atom is 0.236 e. The lowest BCUT2D eigenvalue weighted by atomic mass is 10.1. The fraction of sp³-hybridized carbons (Fsp3) is 0.0417. The van der Waals surface area contributed by atoms with Crippen molar-refractivity contribution in [1.82, 2.24) is 0 Å². The molecular formula is C24H11F4IO2. The Hall–Kier alpha value is -3.30. The summed E-state index contributed by atoms with van der Waals surface area (Å²) in [6.07, 6.45) is 0. The molecule has 0 spiro atoms. The minimum absolute atomic E-state index is 0.304. The van der Waals surface area contributed by atoms with E-state index in [0.717, 1.165) is 0 Å². The highest BCUT2D eigenvalue weighted by Gasteiger charge is 2.22. The second-order valence-corrected chi connectivity index (χ2v) is 7.13. The van der Waals surface area contributed by atoms with Gasteiger partial charge in [-0.2, -0.15) is 0 Å². The minimum atomic E-state index is -1.93. The van der Waals surface area contributed by atoms with Crippen molar-refractivity contribution in [3.05, 3.63) is 97.6 Å². The zero-order valence-corrected chi connectivity index (χ0v) is 18.0. The number of benzene rings is 3. The molecule has 31 heavy (non-hydrogen) atoms. The molecule has 0 bridgehead atoms. The number of halogens is 5. The van der Waals surface area contributed by atoms with Crippen LogP contribution in [0.2, 0.25) is 0 Å². The van der Waals surface area contributed by atoms with Crippen molar-refractivity contribution in [3.63, 3.8) is 0 Å². The summed E-state index contributed by atoms with van der Waals surface area (Å²) in [6.45, 7) is 0. The van der Waals surface area contributed by atoms with Gasteiger partial charge in [-0.3, -0.25) is 4.79 Å². The van der Waals surface area contributed by atoms with Crippen LogP contribution < -0.4 is 4.74 Å². The molecule has 0 aliphatic carbocycles. The molecule has 0 aliphatic heterocycles. The lowest BCUT2D eigenvalue weighted by Gasteiger charge is -2.04. The second kappa shape index (κ2) is 9.67. The average molecular weight is 534 g/mol. The predicted molar refractivity (Wildman–Crippen MR) is 116 cm³/mol. The number of hydrogen-bond acceptors (Lipinski definition) is 2. The molecule has 0 amide bonds. The third kappa shape index (κ3) is 4.89. The normalized spacial score (nSPS) is 9.87. The SMILES string of the molecule is COc1ccc(C(=O)C#Cc2ccccc2C#Cc2c(F)c(F)c(F)c(F)c2I)cc1. The Labute approximate surface area is 189 Å². The Balaban J connectivity index is 1.96. The number of Topliss-reactive ketones (excluding diaryl/α,β-unsaturated/α-hetero) is 1. The van der Waals surface area contributed by atoms with Crippen molar-refractivity contribution in [3.8, 4) is 29.4 Å². The number of hydrogen-bond donors (Lipinski definition) is 0. The number of carbonyl (C=O) groups excluding carboxylic acids is 1. The molecular weight excluding hydrogens is 523 g/mol. The number of rotatable bonds is 2. The van der Waals surface area contributed by atoms with E-state index in [1.807, 2.05) is 0 Å². The van der Waals surface area contributed by atoms with Gasteiger partial charge in [-0.15, -0.1) is 0 Å². The van der Waals surface area contributed by atoms with Crippen molar-refractivity contribution in [2.75, 3.05) is 7.11 Å². The zero-order valence-electron chi connectivity index (χ0n) is 15.8. The van der Waals surface area contributed by atoms with E-state index in [0.29, 0.717) is 22.4 Å². The van der Waals surface area contributed by atoms with Crippen molar-refractivity contribution in [2.45, 2.75) is 0 Å². The summed E-state index contributed by atoms with van der Waals surface area (Å²) in [7, 11) is 1.51. The number of ketones is 1. The Morgan fingerprint density at radius 2 is 1.39 bits per heavy atom. The van der Waals surface area contributed by atoms with E-state index in [1.165, 1.54) is 29.7 Å². The fourth-order valence-electron chi connectivity index (χ4n) is 2.48. The maximum atomic E-state index is 14.0. The van der Waals surface area contributed by atoms with Crippen LogP contribution in [0.3, 0.4) is 0 Å². The van der Waals surface area contributed by atoms with E-state index < -0.39 is 38.2 Å². The van der Waals surface area contributed by atoms with Crippen LogP contribution in [-0.2, 0) is 0 Å². The lowest BCUT2D eigenvalue weighted by molar-refractivity contribution is 0.105. The number of methoxy groups -OCH3 is 1. The quantitative estimate of drug-likeness (QED) is 0.109. The maximum absolute atomic E-state index is 14.0. The van der Waals surface area contributed by atoms with E-state index >= 15 is 0 Å². The summed E-state index contributed by atoms with van der Waals surface area (Å²) in [6, 6.07) is 12.8. The highest BCUT2D eigenvalue weighted by atomic mass is 127. The third-order valence-electron chi connectivity index (χ3n) is 4.12. The largest absolute Gasteiger partial charge is 0.497 e. The summed E-state index contributed by atoms with van der Waals surface area (Å²) in [5.41, 5.74) is 0.424. The van der Waals surface area contributed by atoms with Gasteiger partial charge in [0.2, 0.25) is 5.78 Å². The van der Waals surface area contributed by atoms with Gasteiger partial charge in [0, 0.05) is 16.7 Å². The first-order valence-electron chi connectivity index (χ1n) is 8.66. The summed E-state index contributed by atoms with van der Waals surface area (Å²) < 4.78 is 59.2. The van der Waals surface area contributed by atoms with Crippen molar-refractivity contribution < 1.29 is 27.1 Å². The smallest absolute Gasteiger partial charge is 0.236 e. The monoisotopic (exact) mass is 534 g/mol. The van der Waals surface area contributed by atoms with Crippen LogP contribution in [0.25, 0.3) is 0 Å². The fourth-order valence-corrected chi connectivity index (χ4v) is 3.09. The molecule has 0 atom stereocenters. The van der Waals surface area contributed by atoms with E-state index in [1.54, 1.807) is 48.5 Å². The van der Waals surface area contributed by atoms with Gasteiger partial charge in [-0.25, -0.2) is 17.6 Å².